The quantitative estimate of drug-likeness (QED) is 0.543. The Morgan fingerprint density at radius 2 is 1.68 bits per heavy atom. The topological polar surface area (TPSA) is 90.0 Å². The molecule has 7 nitrogen and oxygen atoms in total. The van der Waals surface area contributed by atoms with Crippen LogP contribution in [0.3, 0.4) is 0 Å². The number of carbonyl (C=O) groups is 2. The molecule has 0 bridgehead atoms. The van der Waals surface area contributed by atoms with E-state index in [9.17, 15) is 18.0 Å². The molecule has 8 heteroatoms. The van der Waals surface area contributed by atoms with Crippen LogP contribution in [0.25, 0.3) is 0 Å². The van der Waals surface area contributed by atoms with Crippen molar-refractivity contribution in [1.29, 1.82) is 0 Å². The molecule has 28 heavy (non-hydrogen) atoms. The molecule has 0 spiro atoms. The van der Waals surface area contributed by atoms with Gasteiger partial charge in [-0.25, -0.2) is 17.5 Å². The van der Waals surface area contributed by atoms with Gasteiger partial charge in [0.15, 0.2) is 6.04 Å². The SMILES string of the molecule is CCOC(=O)[C@H]1[C@H](c2ccc(OC)cc2)C(=O)N1S(=O)(=O)c1ccc(C)cc1. The van der Waals surface area contributed by atoms with Gasteiger partial charge in [-0.05, 0) is 43.7 Å². The van der Waals surface area contributed by atoms with E-state index >= 15 is 0 Å². The highest BCUT2D eigenvalue weighted by Gasteiger charge is 2.58. The Hall–Kier alpha value is -2.87. The first kappa shape index (κ1) is 19.9. The van der Waals surface area contributed by atoms with Gasteiger partial charge in [-0.15, -0.1) is 0 Å². The zero-order valence-corrected chi connectivity index (χ0v) is 16.6. The van der Waals surface area contributed by atoms with Gasteiger partial charge in [-0.1, -0.05) is 29.8 Å². The molecule has 0 aromatic heterocycles. The second-order valence-corrected chi connectivity index (χ2v) is 8.21. The second-order valence-electron chi connectivity index (χ2n) is 6.40. The van der Waals surface area contributed by atoms with Gasteiger partial charge in [0.05, 0.1) is 24.5 Å². The maximum absolute atomic E-state index is 13.0. The van der Waals surface area contributed by atoms with E-state index in [4.69, 9.17) is 9.47 Å². The second kappa shape index (κ2) is 7.63. The molecule has 1 amide bonds. The molecular formula is C20H21NO6S. The number of sulfonamides is 1. The van der Waals surface area contributed by atoms with Gasteiger partial charge in [0, 0.05) is 0 Å². The number of benzene rings is 2. The number of rotatable bonds is 6. The van der Waals surface area contributed by atoms with Gasteiger partial charge in [-0.3, -0.25) is 4.79 Å². The Kier molecular flexibility index (Phi) is 5.42. The molecule has 0 saturated carbocycles. The van der Waals surface area contributed by atoms with Crippen molar-refractivity contribution < 1.29 is 27.5 Å². The number of carbonyl (C=O) groups excluding carboxylic acids is 2. The van der Waals surface area contributed by atoms with Gasteiger partial charge in [0.1, 0.15) is 5.75 Å². The van der Waals surface area contributed by atoms with Crippen molar-refractivity contribution in [2.45, 2.75) is 30.7 Å². The molecule has 1 aliphatic rings. The van der Waals surface area contributed by atoms with E-state index in [2.05, 4.69) is 0 Å². The highest BCUT2D eigenvalue weighted by molar-refractivity contribution is 7.89. The van der Waals surface area contributed by atoms with Gasteiger partial charge < -0.3 is 9.47 Å². The highest BCUT2D eigenvalue weighted by atomic mass is 32.2. The van der Waals surface area contributed by atoms with Gasteiger partial charge >= 0.3 is 5.97 Å². The van der Waals surface area contributed by atoms with E-state index in [1.165, 1.54) is 19.2 Å². The third-order valence-corrected chi connectivity index (χ3v) is 6.43. The zero-order valence-electron chi connectivity index (χ0n) is 15.8. The van der Waals surface area contributed by atoms with Crippen LogP contribution in [-0.2, 0) is 24.3 Å². The molecule has 2 aromatic carbocycles. The summed E-state index contributed by atoms with van der Waals surface area (Å²) in [5.74, 6) is -1.75. The third kappa shape index (κ3) is 3.35. The van der Waals surface area contributed by atoms with Crippen molar-refractivity contribution in [2.24, 2.45) is 0 Å². The monoisotopic (exact) mass is 403 g/mol. The van der Waals surface area contributed by atoms with E-state index in [1.54, 1.807) is 43.3 Å². The maximum Gasteiger partial charge on any atom is 0.331 e. The van der Waals surface area contributed by atoms with Crippen molar-refractivity contribution in [2.75, 3.05) is 13.7 Å². The molecule has 0 radical (unpaired) electrons. The number of esters is 1. The lowest BCUT2D eigenvalue weighted by Gasteiger charge is -2.44. The minimum Gasteiger partial charge on any atom is -0.497 e. The average Bonchev–Trinajstić information content (AvgIpc) is 2.67. The highest BCUT2D eigenvalue weighted by Crippen LogP contribution is 2.41. The van der Waals surface area contributed by atoms with Crippen LogP contribution in [0.15, 0.2) is 53.4 Å². The Morgan fingerprint density at radius 1 is 1.07 bits per heavy atom. The van der Waals surface area contributed by atoms with Crippen LogP contribution in [0.2, 0.25) is 0 Å². The van der Waals surface area contributed by atoms with Crippen molar-refractivity contribution >= 4 is 21.9 Å². The first-order valence-electron chi connectivity index (χ1n) is 8.76. The van der Waals surface area contributed by atoms with E-state index < -0.39 is 33.9 Å². The normalized spacial score (nSPS) is 19.1. The molecule has 2 atom stereocenters. The molecule has 1 fully saturated rings. The number of methoxy groups -OCH3 is 1. The molecule has 1 saturated heterocycles. The summed E-state index contributed by atoms with van der Waals surface area (Å²) in [6.45, 7) is 3.53. The van der Waals surface area contributed by atoms with Crippen LogP contribution in [0, 0.1) is 6.92 Å². The lowest BCUT2D eigenvalue weighted by Crippen LogP contribution is -2.64. The molecule has 2 aromatic rings. The number of hydrogen-bond acceptors (Lipinski definition) is 6. The third-order valence-electron chi connectivity index (χ3n) is 4.63. The van der Waals surface area contributed by atoms with E-state index in [-0.39, 0.29) is 11.5 Å². The Labute approximate surface area is 163 Å². The van der Waals surface area contributed by atoms with Gasteiger partial charge in [-0.2, -0.15) is 0 Å². The molecule has 0 unspecified atom stereocenters. The van der Waals surface area contributed by atoms with Crippen LogP contribution in [0.1, 0.15) is 24.0 Å². The summed E-state index contributed by atoms with van der Waals surface area (Å²) in [6, 6.07) is 11.5. The first-order valence-corrected chi connectivity index (χ1v) is 10.2. The smallest absolute Gasteiger partial charge is 0.331 e. The summed E-state index contributed by atoms with van der Waals surface area (Å²) in [7, 11) is -2.66. The molecule has 3 rings (SSSR count). The standard InChI is InChI=1S/C20H21NO6S/c1-4-27-20(23)18-17(14-7-9-15(26-3)10-8-14)19(22)21(18)28(24,25)16-11-5-13(2)6-12-16/h5-12,17-18H,4H2,1-3H3/t17-,18+/m0/s1. The van der Waals surface area contributed by atoms with E-state index in [0.29, 0.717) is 15.6 Å². The summed E-state index contributed by atoms with van der Waals surface area (Å²) in [5.41, 5.74) is 1.41. The van der Waals surface area contributed by atoms with Crippen molar-refractivity contribution in [1.82, 2.24) is 4.31 Å². The average molecular weight is 403 g/mol. The number of ether oxygens (including phenoxy) is 2. The van der Waals surface area contributed by atoms with Crippen LogP contribution < -0.4 is 4.74 Å². The Balaban J connectivity index is 1.99. The lowest BCUT2D eigenvalue weighted by atomic mass is 9.84. The minimum atomic E-state index is -4.18. The van der Waals surface area contributed by atoms with Crippen LogP contribution in [0.4, 0.5) is 0 Å². The number of amides is 1. The number of nitrogens with zero attached hydrogens (tertiary/aromatic N) is 1. The fraction of sp³-hybridized carbons (Fsp3) is 0.300. The van der Waals surface area contributed by atoms with Gasteiger partial charge in [0.25, 0.3) is 10.0 Å². The van der Waals surface area contributed by atoms with Crippen LogP contribution in [0.5, 0.6) is 5.75 Å². The molecule has 0 N–H and O–H groups in total. The van der Waals surface area contributed by atoms with Crippen molar-refractivity contribution in [3.8, 4) is 5.75 Å². The molecular weight excluding hydrogens is 382 g/mol. The first-order chi connectivity index (χ1) is 13.3. The summed E-state index contributed by atoms with van der Waals surface area (Å²) in [6.07, 6.45) is 0. The van der Waals surface area contributed by atoms with Gasteiger partial charge in [0.2, 0.25) is 5.91 Å². The van der Waals surface area contributed by atoms with Crippen molar-refractivity contribution in [3.63, 3.8) is 0 Å². The van der Waals surface area contributed by atoms with Crippen molar-refractivity contribution in [3.05, 3.63) is 59.7 Å². The molecule has 1 aliphatic heterocycles. The summed E-state index contributed by atoms with van der Waals surface area (Å²) < 4.78 is 36.8. The molecule has 1 heterocycles. The zero-order chi connectivity index (χ0) is 20.5. The number of aryl methyl sites for hydroxylation is 1. The largest absolute Gasteiger partial charge is 0.497 e. The van der Waals surface area contributed by atoms with E-state index in [1.807, 2.05) is 6.92 Å². The fourth-order valence-corrected chi connectivity index (χ4v) is 4.71. The Morgan fingerprint density at radius 3 is 2.21 bits per heavy atom. The summed E-state index contributed by atoms with van der Waals surface area (Å²) in [5, 5.41) is 0. The number of β-lactam (4-membered cyclic amide) rings is 1. The minimum absolute atomic E-state index is 0.0473. The maximum atomic E-state index is 13.0. The summed E-state index contributed by atoms with van der Waals surface area (Å²) in [4.78, 5) is 25.3. The molecule has 148 valence electrons. The van der Waals surface area contributed by atoms with E-state index in [0.717, 1.165) is 5.56 Å². The Bertz CT molecular complexity index is 982. The molecule has 0 aliphatic carbocycles. The summed E-state index contributed by atoms with van der Waals surface area (Å²) >= 11 is 0. The number of hydrogen-bond donors (Lipinski definition) is 0. The predicted molar refractivity (Wildman–Crippen MR) is 101 cm³/mol. The lowest BCUT2D eigenvalue weighted by molar-refractivity contribution is -0.162. The fourth-order valence-electron chi connectivity index (χ4n) is 3.15. The van der Waals surface area contributed by atoms with Crippen LogP contribution >= 0.6 is 0 Å². The predicted octanol–water partition coefficient (Wildman–Crippen LogP) is 2.25. The van der Waals surface area contributed by atoms with Crippen LogP contribution in [-0.4, -0.2) is 44.4 Å².